The second kappa shape index (κ2) is 9.46. The van der Waals surface area contributed by atoms with Crippen LogP contribution < -0.4 is 0 Å². The van der Waals surface area contributed by atoms with Gasteiger partial charge in [-0.2, -0.15) is 0 Å². The number of nitrogens with zero attached hydrogens (tertiary/aromatic N) is 4. The molecule has 0 aliphatic rings. The molecule has 0 bridgehead atoms. The van der Waals surface area contributed by atoms with Gasteiger partial charge in [-0.1, -0.05) is 25.1 Å². The van der Waals surface area contributed by atoms with Gasteiger partial charge in [-0.25, -0.2) is 9.97 Å². The lowest BCUT2D eigenvalue weighted by Gasteiger charge is -2.21. The maximum Gasteiger partial charge on any atom is 0.178 e. The van der Waals surface area contributed by atoms with Gasteiger partial charge in [0.25, 0.3) is 0 Å². The van der Waals surface area contributed by atoms with Gasteiger partial charge in [0, 0.05) is 42.1 Å². The number of hydrogen-bond acceptors (Lipinski definition) is 5. The van der Waals surface area contributed by atoms with E-state index in [2.05, 4.69) is 57.3 Å². The predicted octanol–water partition coefficient (Wildman–Crippen LogP) is 4.67. The highest BCUT2D eigenvalue weighted by Crippen LogP contribution is 2.17. The van der Waals surface area contributed by atoms with E-state index in [0.29, 0.717) is 5.82 Å². The maximum atomic E-state index is 4.49. The van der Waals surface area contributed by atoms with Gasteiger partial charge in [-0.15, -0.1) is 11.8 Å². The molecule has 0 atom stereocenters. The summed E-state index contributed by atoms with van der Waals surface area (Å²) in [5.74, 6) is 0.670. The van der Waals surface area contributed by atoms with Crippen LogP contribution in [0.2, 0.25) is 0 Å². The third-order valence-electron chi connectivity index (χ3n) is 4.11. The average Bonchev–Trinajstić information content (AvgIpc) is 2.70. The van der Waals surface area contributed by atoms with Crippen LogP contribution in [0.15, 0.2) is 66.0 Å². The molecule has 0 aliphatic heterocycles. The molecule has 3 aromatic rings. The molecule has 0 aliphatic carbocycles. The highest BCUT2D eigenvalue weighted by atomic mass is 32.2. The first kappa shape index (κ1) is 18.5. The average molecular weight is 365 g/mol. The van der Waals surface area contributed by atoms with Crippen LogP contribution in [0.3, 0.4) is 0 Å². The van der Waals surface area contributed by atoms with Gasteiger partial charge >= 0.3 is 0 Å². The minimum absolute atomic E-state index is 0.670. The summed E-state index contributed by atoms with van der Waals surface area (Å²) < 4.78 is 0. The van der Waals surface area contributed by atoms with Gasteiger partial charge in [0.1, 0.15) is 5.69 Å². The fraction of sp³-hybridized carbons (Fsp3) is 0.286. The Bertz CT molecular complexity index is 789. The van der Waals surface area contributed by atoms with Crippen molar-refractivity contribution in [3.63, 3.8) is 0 Å². The molecule has 26 heavy (non-hydrogen) atoms. The molecule has 0 unspecified atom stereocenters. The highest BCUT2D eigenvalue weighted by Gasteiger charge is 2.08. The number of pyridine rings is 1. The Hall–Kier alpha value is -2.24. The Morgan fingerprint density at radius 3 is 2.23 bits per heavy atom. The van der Waals surface area contributed by atoms with Crippen LogP contribution in [-0.4, -0.2) is 32.7 Å². The second-order valence-electron chi connectivity index (χ2n) is 6.19. The van der Waals surface area contributed by atoms with Gasteiger partial charge in [0.2, 0.25) is 0 Å². The number of hydrogen-bond donors (Lipinski definition) is 0. The van der Waals surface area contributed by atoms with E-state index >= 15 is 0 Å². The van der Waals surface area contributed by atoms with Crippen molar-refractivity contribution in [1.29, 1.82) is 0 Å². The molecule has 2 aromatic heterocycles. The van der Waals surface area contributed by atoms with E-state index in [-0.39, 0.29) is 0 Å². The van der Waals surface area contributed by atoms with Crippen molar-refractivity contribution >= 4 is 11.8 Å². The van der Waals surface area contributed by atoms with Gasteiger partial charge in [-0.05, 0) is 49.1 Å². The Labute approximate surface area is 159 Å². The van der Waals surface area contributed by atoms with Crippen LogP contribution in [0, 0.1) is 0 Å². The lowest BCUT2D eigenvalue weighted by atomic mass is 10.2. The second-order valence-corrected chi connectivity index (χ2v) is 7.07. The van der Waals surface area contributed by atoms with E-state index in [4.69, 9.17) is 0 Å². The van der Waals surface area contributed by atoms with E-state index in [1.807, 2.05) is 30.6 Å². The Morgan fingerprint density at radius 1 is 0.885 bits per heavy atom. The predicted molar refractivity (Wildman–Crippen MR) is 108 cm³/mol. The number of rotatable bonds is 8. The summed E-state index contributed by atoms with van der Waals surface area (Å²) in [6.07, 6.45) is 8.81. The number of benzene rings is 1. The third-order valence-corrected chi connectivity index (χ3v) is 4.85. The fourth-order valence-corrected chi connectivity index (χ4v) is 3.25. The first-order chi connectivity index (χ1) is 12.8. The summed E-state index contributed by atoms with van der Waals surface area (Å²) in [7, 11) is 0. The molecule has 0 saturated carbocycles. The van der Waals surface area contributed by atoms with Gasteiger partial charge < -0.3 is 0 Å². The van der Waals surface area contributed by atoms with Crippen LogP contribution >= 0.6 is 11.8 Å². The maximum absolute atomic E-state index is 4.49. The summed E-state index contributed by atoms with van der Waals surface area (Å²) >= 11 is 1.77. The minimum Gasteiger partial charge on any atom is -0.295 e. The topological polar surface area (TPSA) is 41.9 Å². The van der Waals surface area contributed by atoms with Crippen molar-refractivity contribution in [3.8, 4) is 11.5 Å². The van der Waals surface area contributed by atoms with Crippen molar-refractivity contribution in [3.05, 3.63) is 72.2 Å². The standard InChI is InChI=1S/C21H24N4S/c1-3-12-25(15-17-7-9-19(26-2)10-8-17)16-18-13-23-21(24-14-18)20-6-4-5-11-22-20/h4-11,13-14H,3,12,15-16H2,1-2H3. The SMILES string of the molecule is CCCN(Cc1ccc(SC)cc1)Cc1cnc(-c2ccccn2)nc1. The van der Waals surface area contributed by atoms with Crippen molar-refractivity contribution in [2.24, 2.45) is 0 Å². The normalized spacial score (nSPS) is 11.0. The van der Waals surface area contributed by atoms with Crippen molar-refractivity contribution in [2.45, 2.75) is 31.3 Å². The zero-order chi connectivity index (χ0) is 18.2. The largest absolute Gasteiger partial charge is 0.295 e. The molecule has 0 amide bonds. The molecule has 134 valence electrons. The molecule has 3 rings (SSSR count). The summed E-state index contributed by atoms with van der Waals surface area (Å²) in [5.41, 5.74) is 3.26. The smallest absolute Gasteiger partial charge is 0.178 e. The van der Waals surface area contributed by atoms with Crippen LogP contribution in [0.5, 0.6) is 0 Å². The molecular weight excluding hydrogens is 340 g/mol. The quantitative estimate of drug-likeness (QED) is 0.543. The van der Waals surface area contributed by atoms with Crippen molar-refractivity contribution in [1.82, 2.24) is 19.9 Å². The van der Waals surface area contributed by atoms with Crippen LogP contribution in [0.25, 0.3) is 11.5 Å². The fourth-order valence-electron chi connectivity index (χ4n) is 2.84. The molecular formula is C21H24N4S. The van der Waals surface area contributed by atoms with Crippen LogP contribution in [-0.2, 0) is 13.1 Å². The molecule has 0 N–H and O–H groups in total. The number of thioether (sulfide) groups is 1. The van der Waals surface area contributed by atoms with Crippen molar-refractivity contribution < 1.29 is 0 Å². The third kappa shape index (κ3) is 5.13. The molecule has 0 radical (unpaired) electrons. The lowest BCUT2D eigenvalue weighted by Crippen LogP contribution is -2.23. The molecule has 0 saturated heterocycles. The van der Waals surface area contributed by atoms with E-state index in [0.717, 1.165) is 37.3 Å². The summed E-state index contributed by atoms with van der Waals surface area (Å²) in [6.45, 7) is 5.04. The molecule has 1 aromatic carbocycles. The molecule has 0 spiro atoms. The van der Waals surface area contributed by atoms with Gasteiger partial charge in [0.15, 0.2) is 5.82 Å². The monoisotopic (exact) mass is 364 g/mol. The van der Waals surface area contributed by atoms with E-state index in [1.54, 1.807) is 18.0 Å². The zero-order valence-electron chi connectivity index (χ0n) is 15.3. The van der Waals surface area contributed by atoms with E-state index in [1.165, 1.54) is 10.5 Å². The van der Waals surface area contributed by atoms with Gasteiger partial charge in [-0.3, -0.25) is 9.88 Å². The van der Waals surface area contributed by atoms with Crippen LogP contribution in [0.4, 0.5) is 0 Å². The molecule has 0 fully saturated rings. The molecule has 5 heteroatoms. The number of aromatic nitrogens is 3. The Kier molecular flexibility index (Phi) is 6.75. The van der Waals surface area contributed by atoms with Gasteiger partial charge in [0.05, 0.1) is 0 Å². The summed E-state index contributed by atoms with van der Waals surface area (Å²) in [5, 5.41) is 0. The summed E-state index contributed by atoms with van der Waals surface area (Å²) in [6, 6.07) is 14.6. The lowest BCUT2D eigenvalue weighted by molar-refractivity contribution is 0.256. The Morgan fingerprint density at radius 2 is 1.62 bits per heavy atom. The first-order valence-electron chi connectivity index (χ1n) is 8.86. The molecule has 2 heterocycles. The van der Waals surface area contributed by atoms with E-state index in [9.17, 15) is 0 Å². The van der Waals surface area contributed by atoms with Crippen molar-refractivity contribution in [2.75, 3.05) is 12.8 Å². The summed E-state index contributed by atoms with van der Waals surface area (Å²) in [4.78, 5) is 17.0. The first-order valence-corrected chi connectivity index (χ1v) is 10.1. The minimum atomic E-state index is 0.670. The zero-order valence-corrected chi connectivity index (χ0v) is 16.1. The van der Waals surface area contributed by atoms with Crippen LogP contribution in [0.1, 0.15) is 24.5 Å². The Balaban J connectivity index is 1.67. The molecule has 4 nitrogen and oxygen atoms in total. The highest BCUT2D eigenvalue weighted by molar-refractivity contribution is 7.98. The van der Waals surface area contributed by atoms with E-state index < -0.39 is 0 Å².